The standard InChI is InChI=1S/C18H20F3NO/c1-13(11-14-7-9-16(23-2)10-8-14)22-12-15-5-3-4-6-17(15)18(19,20)21/h3-10,13,22H,11-12H2,1-2H3/t13-/m1/s1. The Morgan fingerprint density at radius 2 is 1.70 bits per heavy atom. The molecule has 5 heteroatoms. The van der Waals surface area contributed by atoms with Crippen LogP contribution in [0.5, 0.6) is 5.75 Å². The van der Waals surface area contributed by atoms with Gasteiger partial charge < -0.3 is 10.1 Å². The summed E-state index contributed by atoms with van der Waals surface area (Å²) >= 11 is 0. The minimum atomic E-state index is -4.32. The van der Waals surface area contributed by atoms with Crippen LogP contribution in [0.4, 0.5) is 13.2 Å². The Morgan fingerprint density at radius 3 is 2.30 bits per heavy atom. The van der Waals surface area contributed by atoms with Gasteiger partial charge in [0.05, 0.1) is 12.7 Å². The minimum Gasteiger partial charge on any atom is -0.497 e. The summed E-state index contributed by atoms with van der Waals surface area (Å²) in [6.45, 7) is 2.15. The van der Waals surface area contributed by atoms with Crippen molar-refractivity contribution >= 4 is 0 Å². The summed E-state index contributed by atoms with van der Waals surface area (Å²) in [5.74, 6) is 0.786. The number of hydrogen-bond donors (Lipinski definition) is 1. The topological polar surface area (TPSA) is 21.3 Å². The van der Waals surface area contributed by atoms with Gasteiger partial charge in [-0.25, -0.2) is 0 Å². The van der Waals surface area contributed by atoms with Gasteiger partial charge in [0.15, 0.2) is 0 Å². The molecule has 0 saturated heterocycles. The highest BCUT2D eigenvalue weighted by atomic mass is 19.4. The lowest BCUT2D eigenvalue weighted by Crippen LogP contribution is -2.28. The summed E-state index contributed by atoms with van der Waals surface area (Å²) in [6.07, 6.45) is -3.59. The molecule has 1 atom stereocenters. The highest BCUT2D eigenvalue weighted by Gasteiger charge is 2.32. The third-order valence-electron chi connectivity index (χ3n) is 3.66. The lowest BCUT2D eigenvalue weighted by molar-refractivity contribution is -0.138. The number of benzene rings is 2. The third-order valence-corrected chi connectivity index (χ3v) is 3.66. The number of nitrogens with one attached hydrogen (secondary N) is 1. The summed E-state index contributed by atoms with van der Waals surface area (Å²) < 4.78 is 44.0. The largest absolute Gasteiger partial charge is 0.497 e. The van der Waals surface area contributed by atoms with E-state index in [0.29, 0.717) is 0 Å². The molecule has 0 heterocycles. The number of alkyl halides is 3. The fraction of sp³-hybridized carbons (Fsp3) is 0.333. The van der Waals surface area contributed by atoms with Crippen LogP contribution in [0.2, 0.25) is 0 Å². The second-order valence-corrected chi connectivity index (χ2v) is 5.49. The smallest absolute Gasteiger partial charge is 0.416 e. The quantitative estimate of drug-likeness (QED) is 0.849. The van der Waals surface area contributed by atoms with E-state index in [1.165, 1.54) is 12.1 Å². The summed E-state index contributed by atoms with van der Waals surface area (Å²) in [5, 5.41) is 3.16. The Labute approximate surface area is 134 Å². The molecule has 0 fully saturated rings. The number of rotatable bonds is 6. The maximum atomic E-state index is 13.0. The molecule has 2 aromatic carbocycles. The number of ether oxygens (including phenoxy) is 1. The number of hydrogen-bond acceptors (Lipinski definition) is 2. The van der Waals surface area contributed by atoms with E-state index >= 15 is 0 Å². The summed E-state index contributed by atoms with van der Waals surface area (Å²) in [6, 6.07) is 13.4. The van der Waals surface area contributed by atoms with Gasteiger partial charge in [-0.2, -0.15) is 13.2 Å². The second-order valence-electron chi connectivity index (χ2n) is 5.49. The molecule has 2 nitrogen and oxygen atoms in total. The van der Waals surface area contributed by atoms with Crippen molar-refractivity contribution in [3.8, 4) is 5.75 Å². The molecule has 0 saturated carbocycles. The van der Waals surface area contributed by atoms with Crippen LogP contribution in [-0.2, 0) is 19.1 Å². The monoisotopic (exact) mass is 323 g/mol. The predicted molar refractivity (Wildman–Crippen MR) is 84.4 cm³/mol. The second kappa shape index (κ2) is 7.51. The summed E-state index contributed by atoms with van der Waals surface area (Å²) in [7, 11) is 1.61. The normalized spacial score (nSPS) is 12.9. The van der Waals surface area contributed by atoms with Crippen molar-refractivity contribution < 1.29 is 17.9 Å². The van der Waals surface area contributed by atoms with Gasteiger partial charge in [0.2, 0.25) is 0 Å². The van der Waals surface area contributed by atoms with Crippen molar-refractivity contribution in [1.82, 2.24) is 5.32 Å². The van der Waals surface area contributed by atoms with Crippen molar-refractivity contribution in [3.05, 3.63) is 65.2 Å². The molecule has 0 amide bonds. The molecule has 0 aliphatic rings. The minimum absolute atomic E-state index is 0.0599. The van der Waals surface area contributed by atoms with E-state index in [1.54, 1.807) is 13.2 Å². The lowest BCUT2D eigenvalue weighted by Gasteiger charge is -2.17. The molecule has 0 aliphatic heterocycles. The molecule has 23 heavy (non-hydrogen) atoms. The van der Waals surface area contributed by atoms with Crippen molar-refractivity contribution in [2.75, 3.05) is 7.11 Å². The zero-order chi connectivity index (χ0) is 16.9. The maximum Gasteiger partial charge on any atom is 0.416 e. The SMILES string of the molecule is COc1ccc(C[C@@H](C)NCc2ccccc2C(F)(F)F)cc1. The van der Waals surface area contributed by atoms with E-state index in [1.807, 2.05) is 31.2 Å². The zero-order valence-corrected chi connectivity index (χ0v) is 13.2. The molecule has 124 valence electrons. The van der Waals surface area contributed by atoms with Crippen molar-refractivity contribution in [1.29, 1.82) is 0 Å². The molecule has 0 unspecified atom stereocenters. The highest BCUT2D eigenvalue weighted by molar-refractivity contribution is 5.30. The highest BCUT2D eigenvalue weighted by Crippen LogP contribution is 2.31. The van der Waals surface area contributed by atoms with Crippen LogP contribution in [0.1, 0.15) is 23.6 Å². The first-order chi connectivity index (χ1) is 10.9. The molecule has 0 radical (unpaired) electrons. The third kappa shape index (κ3) is 4.99. The Bertz CT molecular complexity index is 623. The molecular formula is C18H20F3NO. The Balaban J connectivity index is 1.95. The Kier molecular flexibility index (Phi) is 5.66. The molecule has 1 N–H and O–H groups in total. The van der Waals surface area contributed by atoms with Crippen molar-refractivity contribution in [2.45, 2.75) is 32.1 Å². The fourth-order valence-electron chi connectivity index (χ4n) is 2.42. The van der Waals surface area contributed by atoms with Crippen LogP contribution in [0.15, 0.2) is 48.5 Å². The van der Waals surface area contributed by atoms with Crippen LogP contribution in [-0.4, -0.2) is 13.2 Å². The average molecular weight is 323 g/mol. The summed E-state index contributed by atoms with van der Waals surface area (Å²) in [4.78, 5) is 0. The van der Waals surface area contributed by atoms with E-state index in [-0.39, 0.29) is 18.2 Å². The molecule has 2 rings (SSSR count). The van der Waals surface area contributed by atoms with Gasteiger partial charge in [0.1, 0.15) is 5.75 Å². The van der Waals surface area contributed by atoms with E-state index in [4.69, 9.17) is 4.74 Å². The van der Waals surface area contributed by atoms with E-state index in [9.17, 15) is 13.2 Å². The van der Waals surface area contributed by atoms with Gasteiger partial charge in [-0.15, -0.1) is 0 Å². The Hall–Kier alpha value is -2.01. The van der Waals surface area contributed by atoms with Gasteiger partial charge in [0, 0.05) is 12.6 Å². The van der Waals surface area contributed by atoms with E-state index in [0.717, 1.165) is 23.8 Å². The first kappa shape index (κ1) is 17.3. The van der Waals surface area contributed by atoms with Crippen LogP contribution >= 0.6 is 0 Å². The van der Waals surface area contributed by atoms with Gasteiger partial charge in [0.25, 0.3) is 0 Å². The van der Waals surface area contributed by atoms with Crippen LogP contribution < -0.4 is 10.1 Å². The first-order valence-electron chi connectivity index (χ1n) is 7.41. The van der Waals surface area contributed by atoms with Crippen LogP contribution in [0.3, 0.4) is 0 Å². The molecule has 0 aromatic heterocycles. The maximum absolute atomic E-state index is 13.0. The molecule has 0 bridgehead atoms. The zero-order valence-electron chi connectivity index (χ0n) is 13.2. The van der Waals surface area contributed by atoms with E-state index < -0.39 is 11.7 Å². The molecule has 0 aliphatic carbocycles. The van der Waals surface area contributed by atoms with Gasteiger partial charge in [-0.05, 0) is 42.7 Å². The predicted octanol–water partition coefficient (Wildman–Crippen LogP) is 4.43. The van der Waals surface area contributed by atoms with Crippen molar-refractivity contribution in [2.24, 2.45) is 0 Å². The Morgan fingerprint density at radius 1 is 1.04 bits per heavy atom. The average Bonchev–Trinajstić information content (AvgIpc) is 2.53. The lowest BCUT2D eigenvalue weighted by atomic mass is 10.0. The van der Waals surface area contributed by atoms with Crippen LogP contribution in [0, 0.1) is 0 Å². The number of methoxy groups -OCH3 is 1. The van der Waals surface area contributed by atoms with Crippen molar-refractivity contribution in [3.63, 3.8) is 0 Å². The summed E-state index contributed by atoms with van der Waals surface area (Å²) in [5.41, 5.74) is 0.792. The fourth-order valence-corrected chi connectivity index (χ4v) is 2.42. The van der Waals surface area contributed by atoms with E-state index in [2.05, 4.69) is 5.32 Å². The number of halogens is 3. The first-order valence-corrected chi connectivity index (χ1v) is 7.41. The molecule has 2 aromatic rings. The molecular weight excluding hydrogens is 303 g/mol. The van der Waals surface area contributed by atoms with Gasteiger partial charge in [-0.1, -0.05) is 30.3 Å². The van der Waals surface area contributed by atoms with Crippen LogP contribution in [0.25, 0.3) is 0 Å². The van der Waals surface area contributed by atoms with Gasteiger partial charge in [-0.3, -0.25) is 0 Å². The molecule has 0 spiro atoms. The van der Waals surface area contributed by atoms with Gasteiger partial charge >= 0.3 is 6.18 Å².